The van der Waals surface area contributed by atoms with E-state index in [-0.39, 0.29) is 11.4 Å². The van der Waals surface area contributed by atoms with E-state index in [0.717, 1.165) is 11.4 Å². The largest absolute Gasteiger partial charge is 0.478 e. The van der Waals surface area contributed by atoms with Crippen LogP contribution in [0.4, 0.5) is 0 Å². The molecule has 0 fully saturated rings. The molecule has 0 unspecified atom stereocenters. The molecule has 2 rings (SSSR count). The third kappa shape index (κ3) is 2.57. The predicted molar refractivity (Wildman–Crippen MR) is 68.7 cm³/mol. The normalized spacial score (nSPS) is 10.5. The van der Waals surface area contributed by atoms with Gasteiger partial charge in [0.2, 0.25) is 5.88 Å². The maximum atomic E-state index is 11.0. The minimum absolute atomic E-state index is 0.154. The van der Waals surface area contributed by atoms with E-state index < -0.39 is 5.97 Å². The molecule has 0 saturated heterocycles. The molecule has 19 heavy (non-hydrogen) atoms. The average Bonchev–Trinajstić information content (AvgIpc) is 2.55. The molecule has 0 saturated carbocycles. The van der Waals surface area contributed by atoms with Crippen molar-refractivity contribution in [3.05, 3.63) is 34.8 Å². The van der Waals surface area contributed by atoms with Crippen molar-refractivity contribution in [2.75, 3.05) is 0 Å². The topological polar surface area (TPSA) is 77.2 Å². The van der Waals surface area contributed by atoms with Gasteiger partial charge in [-0.05, 0) is 26.8 Å². The number of aromatic nitrogens is 3. The highest BCUT2D eigenvalue weighted by molar-refractivity contribution is 5.88. The summed E-state index contributed by atoms with van der Waals surface area (Å²) in [7, 11) is 1.82. The van der Waals surface area contributed by atoms with Gasteiger partial charge in [-0.2, -0.15) is 5.10 Å². The number of ether oxygens (including phenoxy) is 1. The Bertz CT molecular complexity index is 647. The Morgan fingerprint density at radius 2 is 2.00 bits per heavy atom. The highest BCUT2D eigenvalue weighted by Crippen LogP contribution is 2.27. The number of rotatable bonds is 3. The Morgan fingerprint density at radius 3 is 2.53 bits per heavy atom. The molecular weight excluding hydrogens is 246 g/mol. The van der Waals surface area contributed by atoms with Crippen LogP contribution < -0.4 is 4.74 Å². The van der Waals surface area contributed by atoms with E-state index in [1.165, 1.54) is 12.1 Å². The molecule has 0 bridgehead atoms. The number of carbonyl (C=O) groups is 1. The van der Waals surface area contributed by atoms with Crippen LogP contribution in [0, 0.1) is 20.8 Å². The van der Waals surface area contributed by atoms with Gasteiger partial charge in [-0.25, -0.2) is 9.78 Å². The molecule has 0 aliphatic rings. The fraction of sp³-hybridized carbons (Fsp3) is 0.308. The van der Waals surface area contributed by atoms with Crippen molar-refractivity contribution in [1.82, 2.24) is 14.8 Å². The maximum Gasteiger partial charge on any atom is 0.335 e. The summed E-state index contributed by atoms with van der Waals surface area (Å²) in [5, 5.41) is 13.2. The smallest absolute Gasteiger partial charge is 0.335 e. The van der Waals surface area contributed by atoms with Gasteiger partial charge in [0, 0.05) is 18.8 Å². The number of hydrogen-bond acceptors (Lipinski definition) is 4. The summed E-state index contributed by atoms with van der Waals surface area (Å²) < 4.78 is 7.38. The number of hydrogen-bond donors (Lipinski definition) is 1. The average molecular weight is 261 g/mol. The number of carboxylic acids is 1. The van der Waals surface area contributed by atoms with E-state index in [1.54, 1.807) is 11.6 Å². The SMILES string of the molecule is Cc1cc(C(=O)O)cc(Oc2c(C)nn(C)c2C)n1. The molecule has 0 aliphatic carbocycles. The fourth-order valence-corrected chi connectivity index (χ4v) is 1.82. The molecule has 0 atom stereocenters. The van der Waals surface area contributed by atoms with Crippen LogP contribution in [0.5, 0.6) is 11.6 Å². The third-order valence-electron chi connectivity index (χ3n) is 2.83. The zero-order chi connectivity index (χ0) is 14.2. The Hall–Kier alpha value is -2.37. The molecule has 0 radical (unpaired) electrons. The van der Waals surface area contributed by atoms with Crippen LogP contribution in [0.15, 0.2) is 12.1 Å². The van der Waals surface area contributed by atoms with Crippen molar-refractivity contribution in [3.63, 3.8) is 0 Å². The fourth-order valence-electron chi connectivity index (χ4n) is 1.82. The zero-order valence-corrected chi connectivity index (χ0v) is 11.3. The lowest BCUT2D eigenvalue weighted by molar-refractivity contribution is 0.0696. The van der Waals surface area contributed by atoms with Gasteiger partial charge in [0.05, 0.1) is 11.3 Å². The van der Waals surface area contributed by atoms with Gasteiger partial charge in [-0.1, -0.05) is 0 Å². The second kappa shape index (κ2) is 4.72. The van der Waals surface area contributed by atoms with E-state index in [4.69, 9.17) is 9.84 Å². The molecular formula is C13H15N3O3. The van der Waals surface area contributed by atoms with Crippen LogP contribution in [-0.4, -0.2) is 25.8 Å². The Kier molecular flexibility index (Phi) is 3.25. The lowest BCUT2D eigenvalue weighted by Gasteiger charge is -2.07. The van der Waals surface area contributed by atoms with Crippen molar-refractivity contribution in [1.29, 1.82) is 0 Å². The molecule has 100 valence electrons. The third-order valence-corrected chi connectivity index (χ3v) is 2.83. The van der Waals surface area contributed by atoms with E-state index in [0.29, 0.717) is 11.4 Å². The van der Waals surface area contributed by atoms with Crippen molar-refractivity contribution >= 4 is 5.97 Å². The molecule has 0 amide bonds. The standard InChI is InChI=1S/C13H15N3O3/c1-7-5-10(13(17)18)6-11(14-7)19-12-8(2)15-16(4)9(12)3/h5-6H,1-4H3,(H,17,18). The Balaban J connectivity index is 2.41. The summed E-state index contributed by atoms with van der Waals surface area (Å²) in [6, 6.07) is 2.90. The van der Waals surface area contributed by atoms with Crippen molar-refractivity contribution < 1.29 is 14.6 Å². The van der Waals surface area contributed by atoms with Crippen LogP contribution in [0.2, 0.25) is 0 Å². The second-order valence-electron chi connectivity index (χ2n) is 4.37. The molecule has 2 heterocycles. The first kappa shape index (κ1) is 13.1. The van der Waals surface area contributed by atoms with Gasteiger partial charge in [0.25, 0.3) is 0 Å². The van der Waals surface area contributed by atoms with Crippen molar-refractivity contribution in [2.24, 2.45) is 7.05 Å². The summed E-state index contributed by atoms with van der Waals surface area (Å²) in [4.78, 5) is 15.2. The summed E-state index contributed by atoms with van der Waals surface area (Å²) in [5.74, 6) is -0.136. The quantitative estimate of drug-likeness (QED) is 0.916. The van der Waals surface area contributed by atoms with Crippen LogP contribution >= 0.6 is 0 Å². The summed E-state index contributed by atoms with van der Waals surface area (Å²) >= 11 is 0. The van der Waals surface area contributed by atoms with Gasteiger partial charge in [-0.15, -0.1) is 0 Å². The minimum atomic E-state index is -1.00. The lowest BCUT2D eigenvalue weighted by Crippen LogP contribution is -2.00. The molecule has 0 aliphatic heterocycles. The first-order valence-corrected chi connectivity index (χ1v) is 5.78. The molecule has 0 aromatic carbocycles. The minimum Gasteiger partial charge on any atom is -0.478 e. The summed E-state index contributed by atoms with van der Waals surface area (Å²) in [6.07, 6.45) is 0. The monoisotopic (exact) mass is 261 g/mol. The summed E-state index contributed by atoms with van der Waals surface area (Å²) in [5.41, 5.74) is 2.34. The second-order valence-corrected chi connectivity index (χ2v) is 4.37. The van der Waals surface area contributed by atoms with Crippen LogP contribution in [0.1, 0.15) is 27.4 Å². The van der Waals surface area contributed by atoms with E-state index in [9.17, 15) is 4.79 Å². The number of aromatic carboxylic acids is 1. The van der Waals surface area contributed by atoms with Gasteiger partial charge in [0.1, 0.15) is 5.69 Å². The zero-order valence-electron chi connectivity index (χ0n) is 11.3. The molecule has 6 nitrogen and oxygen atoms in total. The number of aryl methyl sites for hydroxylation is 3. The highest BCUT2D eigenvalue weighted by Gasteiger charge is 2.14. The molecule has 0 spiro atoms. The van der Waals surface area contributed by atoms with E-state index in [1.807, 2.05) is 20.9 Å². The van der Waals surface area contributed by atoms with Gasteiger partial charge >= 0.3 is 5.97 Å². The molecule has 6 heteroatoms. The van der Waals surface area contributed by atoms with E-state index in [2.05, 4.69) is 10.1 Å². The van der Waals surface area contributed by atoms with Crippen molar-refractivity contribution in [2.45, 2.75) is 20.8 Å². The number of pyridine rings is 1. The Labute approximate surface area is 110 Å². The first-order chi connectivity index (χ1) is 8.88. The Morgan fingerprint density at radius 1 is 1.32 bits per heavy atom. The van der Waals surface area contributed by atoms with Crippen LogP contribution in [-0.2, 0) is 7.05 Å². The molecule has 2 aromatic heterocycles. The lowest BCUT2D eigenvalue weighted by atomic mass is 10.2. The first-order valence-electron chi connectivity index (χ1n) is 5.78. The molecule has 2 aromatic rings. The number of nitrogens with zero attached hydrogens (tertiary/aromatic N) is 3. The number of carboxylic acid groups (broad SMARTS) is 1. The van der Waals surface area contributed by atoms with Gasteiger partial charge in [0.15, 0.2) is 5.75 Å². The van der Waals surface area contributed by atoms with E-state index >= 15 is 0 Å². The van der Waals surface area contributed by atoms with Gasteiger partial charge in [-0.3, -0.25) is 4.68 Å². The highest BCUT2D eigenvalue weighted by atomic mass is 16.5. The summed E-state index contributed by atoms with van der Waals surface area (Å²) in [6.45, 7) is 5.43. The predicted octanol–water partition coefficient (Wildman–Crippen LogP) is 2.23. The van der Waals surface area contributed by atoms with Crippen LogP contribution in [0.25, 0.3) is 0 Å². The van der Waals surface area contributed by atoms with Crippen LogP contribution in [0.3, 0.4) is 0 Å². The maximum absolute atomic E-state index is 11.0. The molecule has 1 N–H and O–H groups in total. The van der Waals surface area contributed by atoms with Crippen molar-refractivity contribution in [3.8, 4) is 11.6 Å². The van der Waals surface area contributed by atoms with Gasteiger partial charge < -0.3 is 9.84 Å².